The smallest absolute Gasteiger partial charge is 0.253 e. The van der Waals surface area contributed by atoms with Crippen molar-refractivity contribution in [2.75, 3.05) is 19.6 Å². The highest BCUT2D eigenvalue weighted by Gasteiger charge is 2.50. The monoisotopic (exact) mass is 374 g/mol. The van der Waals surface area contributed by atoms with Crippen LogP contribution in [0.5, 0.6) is 0 Å². The van der Waals surface area contributed by atoms with E-state index < -0.39 is 0 Å². The molecule has 5 heteroatoms. The molecule has 2 heterocycles. The van der Waals surface area contributed by atoms with Gasteiger partial charge in [-0.05, 0) is 50.3 Å². The summed E-state index contributed by atoms with van der Waals surface area (Å²) in [6.45, 7) is 2.11. The molecule has 2 aliphatic heterocycles. The summed E-state index contributed by atoms with van der Waals surface area (Å²) in [6.07, 6.45) is 8.82. The standard InChI is InChI=1S/C21H27ClN2O2/c22-17-7-4-6-16(14-17)19(25)23-13-11-21(15-23)10-5-12-24(20(21)26)18-8-2-1-3-9-18/h4,6-7,14,18H,1-3,5,8-13,15H2/t21-/m1/s1. The Balaban J connectivity index is 1.49. The zero-order valence-corrected chi connectivity index (χ0v) is 16.0. The van der Waals surface area contributed by atoms with Crippen LogP contribution in [0.2, 0.25) is 5.02 Å². The van der Waals surface area contributed by atoms with Crippen LogP contribution < -0.4 is 0 Å². The quantitative estimate of drug-likeness (QED) is 0.781. The van der Waals surface area contributed by atoms with E-state index in [9.17, 15) is 9.59 Å². The van der Waals surface area contributed by atoms with Gasteiger partial charge >= 0.3 is 0 Å². The van der Waals surface area contributed by atoms with Crippen LogP contribution in [0.15, 0.2) is 24.3 Å². The van der Waals surface area contributed by atoms with Crippen molar-refractivity contribution < 1.29 is 9.59 Å². The van der Waals surface area contributed by atoms with E-state index in [-0.39, 0.29) is 11.3 Å². The van der Waals surface area contributed by atoms with Gasteiger partial charge in [-0.25, -0.2) is 0 Å². The molecule has 4 rings (SSSR count). The number of rotatable bonds is 2. The lowest BCUT2D eigenvalue weighted by molar-refractivity contribution is -0.149. The fourth-order valence-corrected chi connectivity index (χ4v) is 5.26. The highest BCUT2D eigenvalue weighted by molar-refractivity contribution is 6.30. The van der Waals surface area contributed by atoms with Gasteiger partial charge in [0.1, 0.15) is 0 Å². The van der Waals surface area contributed by atoms with Crippen molar-refractivity contribution >= 4 is 23.4 Å². The largest absolute Gasteiger partial charge is 0.339 e. The van der Waals surface area contributed by atoms with Crippen molar-refractivity contribution in [2.45, 2.75) is 57.4 Å². The first-order valence-corrected chi connectivity index (χ1v) is 10.3. The first kappa shape index (κ1) is 17.8. The molecule has 1 aliphatic carbocycles. The van der Waals surface area contributed by atoms with E-state index in [0.717, 1.165) is 38.6 Å². The molecule has 2 amide bonds. The van der Waals surface area contributed by atoms with Crippen molar-refractivity contribution in [1.29, 1.82) is 0 Å². The summed E-state index contributed by atoms with van der Waals surface area (Å²) in [5.74, 6) is 0.295. The topological polar surface area (TPSA) is 40.6 Å². The second-order valence-electron chi connectivity index (χ2n) is 8.16. The minimum Gasteiger partial charge on any atom is -0.339 e. The maximum atomic E-state index is 13.4. The average Bonchev–Trinajstić information content (AvgIpc) is 3.09. The van der Waals surface area contributed by atoms with Crippen molar-refractivity contribution in [3.8, 4) is 0 Å². The molecule has 0 N–H and O–H groups in total. The van der Waals surface area contributed by atoms with Crippen LogP contribution in [0.25, 0.3) is 0 Å². The molecule has 140 valence electrons. The van der Waals surface area contributed by atoms with Gasteiger partial charge in [0.25, 0.3) is 5.91 Å². The number of hydrogen-bond acceptors (Lipinski definition) is 2. The third kappa shape index (κ3) is 3.24. The Bertz CT molecular complexity index is 701. The maximum Gasteiger partial charge on any atom is 0.253 e. The lowest BCUT2D eigenvalue weighted by Crippen LogP contribution is -2.54. The van der Waals surface area contributed by atoms with Crippen LogP contribution in [0.3, 0.4) is 0 Å². The summed E-state index contributed by atoms with van der Waals surface area (Å²) in [5.41, 5.74) is 0.256. The van der Waals surface area contributed by atoms with Gasteiger partial charge in [0.15, 0.2) is 0 Å². The van der Waals surface area contributed by atoms with Crippen LogP contribution >= 0.6 is 11.6 Å². The second-order valence-corrected chi connectivity index (χ2v) is 8.60. The van der Waals surface area contributed by atoms with Crippen LogP contribution in [0.4, 0.5) is 0 Å². The summed E-state index contributed by atoms with van der Waals surface area (Å²) in [7, 11) is 0. The molecule has 26 heavy (non-hydrogen) atoms. The van der Waals surface area contributed by atoms with Crippen LogP contribution in [-0.4, -0.2) is 47.3 Å². The Morgan fingerprint density at radius 2 is 1.88 bits per heavy atom. The molecule has 1 aromatic carbocycles. The summed E-state index contributed by atoms with van der Waals surface area (Å²) >= 11 is 6.03. The van der Waals surface area contributed by atoms with E-state index in [0.29, 0.717) is 35.6 Å². The third-order valence-corrected chi connectivity index (χ3v) is 6.73. The number of benzene rings is 1. The maximum absolute atomic E-state index is 13.4. The average molecular weight is 375 g/mol. The lowest BCUT2D eigenvalue weighted by atomic mass is 9.77. The van der Waals surface area contributed by atoms with Crippen LogP contribution in [0, 0.1) is 5.41 Å². The summed E-state index contributed by atoms with van der Waals surface area (Å²) < 4.78 is 0. The van der Waals surface area contributed by atoms with Crippen molar-refractivity contribution in [3.05, 3.63) is 34.9 Å². The van der Waals surface area contributed by atoms with Crippen molar-refractivity contribution in [3.63, 3.8) is 0 Å². The zero-order chi connectivity index (χ0) is 18.1. The molecule has 1 spiro atoms. The first-order chi connectivity index (χ1) is 12.6. The van der Waals surface area contributed by atoms with E-state index in [1.807, 2.05) is 4.90 Å². The number of piperidine rings is 1. The molecule has 3 fully saturated rings. The number of likely N-dealkylation sites (tertiary alicyclic amines) is 2. The third-order valence-electron chi connectivity index (χ3n) is 6.50. The Morgan fingerprint density at radius 3 is 2.65 bits per heavy atom. The van der Waals surface area contributed by atoms with Crippen molar-refractivity contribution in [2.24, 2.45) is 5.41 Å². The van der Waals surface area contributed by atoms with Gasteiger partial charge in [0, 0.05) is 36.3 Å². The molecular formula is C21H27ClN2O2. The first-order valence-electron chi connectivity index (χ1n) is 9.95. The number of halogens is 1. The van der Waals surface area contributed by atoms with E-state index in [2.05, 4.69) is 4.90 Å². The molecule has 0 unspecified atom stereocenters. The van der Waals surface area contributed by atoms with Gasteiger partial charge in [-0.3, -0.25) is 9.59 Å². The molecule has 0 bridgehead atoms. The highest BCUT2D eigenvalue weighted by atomic mass is 35.5. The lowest BCUT2D eigenvalue weighted by Gasteiger charge is -2.44. The van der Waals surface area contributed by atoms with Gasteiger partial charge in [-0.1, -0.05) is 36.9 Å². The van der Waals surface area contributed by atoms with Gasteiger partial charge in [0.2, 0.25) is 5.91 Å². The Kier molecular flexibility index (Phi) is 4.96. The molecule has 1 aromatic rings. The number of hydrogen-bond donors (Lipinski definition) is 0. The number of amides is 2. The Morgan fingerprint density at radius 1 is 1.08 bits per heavy atom. The molecule has 1 atom stereocenters. The predicted octanol–water partition coefficient (Wildman–Crippen LogP) is 4.13. The number of nitrogens with zero attached hydrogens (tertiary/aromatic N) is 2. The van der Waals surface area contributed by atoms with E-state index in [1.54, 1.807) is 24.3 Å². The Labute approximate surface area is 160 Å². The van der Waals surface area contributed by atoms with Gasteiger partial charge in [-0.15, -0.1) is 0 Å². The Hall–Kier alpha value is -1.55. The fraction of sp³-hybridized carbons (Fsp3) is 0.619. The summed E-state index contributed by atoms with van der Waals surface area (Å²) in [5, 5.41) is 0.571. The van der Waals surface area contributed by atoms with Crippen molar-refractivity contribution in [1.82, 2.24) is 9.80 Å². The summed E-state index contributed by atoms with van der Waals surface area (Å²) in [6, 6.07) is 7.52. The SMILES string of the molecule is O=C(c1cccc(Cl)c1)N1CC[C@]2(CCCN(C3CCCCC3)C2=O)C1. The molecule has 3 aliphatic rings. The normalized spacial score (nSPS) is 27.3. The molecule has 2 saturated heterocycles. The van der Waals surface area contributed by atoms with Crippen LogP contribution in [0.1, 0.15) is 61.7 Å². The fourth-order valence-electron chi connectivity index (χ4n) is 5.07. The minimum atomic E-state index is -0.357. The van der Waals surface area contributed by atoms with E-state index >= 15 is 0 Å². The minimum absolute atomic E-state index is 0.00744. The van der Waals surface area contributed by atoms with Gasteiger partial charge in [-0.2, -0.15) is 0 Å². The number of carbonyl (C=O) groups excluding carboxylic acids is 2. The van der Waals surface area contributed by atoms with Gasteiger partial charge < -0.3 is 9.80 Å². The zero-order valence-electron chi connectivity index (χ0n) is 15.3. The predicted molar refractivity (Wildman–Crippen MR) is 102 cm³/mol. The van der Waals surface area contributed by atoms with Crippen LogP contribution in [-0.2, 0) is 4.79 Å². The molecular weight excluding hydrogens is 348 g/mol. The summed E-state index contributed by atoms with van der Waals surface area (Å²) in [4.78, 5) is 30.2. The molecule has 0 aromatic heterocycles. The molecule has 4 nitrogen and oxygen atoms in total. The number of carbonyl (C=O) groups is 2. The second kappa shape index (κ2) is 7.22. The molecule has 0 radical (unpaired) electrons. The van der Waals surface area contributed by atoms with Gasteiger partial charge in [0.05, 0.1) is 5.41 Å². The van der Waals surface area contributed by atoms with E-state index in [1.165, 1.54) is 19.3 Å². The van der Waals surface area contributed by atoms with E-state index in [4.69, 9.17) is 11.6 Å². The highest BCUT2D eigenvalue weighted by Crippen LogP contribution is 2.42. The molecule has 1 saturated carbocycles.